The smallest absolute Gasteiger partial charge is 0.493 e. The first-order chi connectivity index (χ1) is 13.4. The van der Waals surface area contributed by atoms with Crippen LogP contribution in [-0.4, -0.2) is 45.9 Å². The zero-order chi connectivity index (χ0) is 20.3. The third kappa shape index (κ3) is 4.20. The van der Waals surface area contributed by atoms with Gasteiger partial charge in [-0.2, -0.15) is 4.39 Å². The second-order valence-corrected chi connectivity index (χ2v) is 7.27. The number of hydrogen-bond donors (Lipinski definition) is 2. The molecule has 28 heavy (non-hydrogen) atoms. The van der Waals surface area contributed by atoms with Crippen LogP contribution in [-0.2, 0) is 4.74 Å². The Morgan fingerprint density at radius 3 is 2.75 bits per heavy atom. The van der Waals surface area contributed by atoms with Crippen LogP contribution in [0.25, 0.3) is 0 Å². The number of methoxy groups -OCH3 is 1. The molecule has 2 N–H and O–H groups in total. The second kappa shape index (κ2) is 8.48. The summed E-state index contributed by atoms with van der Waals surface area (Å²) < 4.78 is 30.0. The minimum absolute atomic E-state index is 0.113. The maximum Gasteiger partial charge on any atom is 0.514 e. The number of aromatic amines is 1. The highest BCUT2D eigenvalue weighted by Gasteiger charge is 2.39. The third-order valence-corrected chi connectivity index (χ3v) is 5.64. The minimum atomic E-state index is -1.11. The largest absolute Gasteiger partial charge is 0.514 e. The first kappa shape index (κ1) is 20.0. The van der Waals surface area contributed by atoms with E-state index in [1.165, 1.54) is 13.2 Å². The molecule has 11 heteroatoms. The fourth-order valence-corrected chi connectivity index (χ4v) is 4.19. The lowest BCUT2D eigenvalue weighted by atomic mass is 10.2. The molecule has 0 radical (unpaired) electrons. The zero-order valence-electron chi connectivity index (χ0n) is 14.7. The monoisotopic (exact) mass is 412 g/mol. The number of nitrogens with zero attached hydrogens (tertiary/aromatic N) is 1. The van der Waals surface area contributed by atoms with Crippen molar-refractivity contribution in [3.63, 3.8) is 0 Å². The van der Waals surface area contributed by atoms with Crippen LogP contribution in [0.4, 0.5) is 9.18 Å². The molecule has 1 aromatic carbocycles. The number of nitrogens with one attached hydrogen (secondary N) is 1. The molecule has 150 valence electrons. The molecular weight excluding hydrogens is 395 g/mol. The first-order valence-corrected chi connectivity index (χ1v) is 9.16. The number of carbonyl (C=O) groups is 1. The van der Waals surface area contributed by atoms with E-state index in [2.05, 4.69) is 0 Å². The third-order valence-electron chi connectivity index (χ3n) is 4.10. The molecule has 0 spiro atoms. The van der Waals surface area contributed by atoms with Gasteiger partial charge in [0, 0.05) is 6.42 Å². The van der Waals surface area contributed by atoms with Crippen LogP contribution in [0.2, 0.25) is 0 Å². The Morgan fingerprint density at radius 1 is 1.36 bits per heavy atom. The summed E-state index contributed by atoms with van der Waals surface area (Å²) in [5, 5.41) is 8.36. The number of para-hydroxylation sites is 2. The summed E-state index contributed by atoms with van der Waals surface area (Å²) in [5.41, 5.74) is -1.91. The summed E-state index contributed by atoms with van der Waals surface area (Å²) in [4.78, 5) is 37.1. The molecule has 1 fully saturated rings. The van der Waals surface area contributed by atoms with Gasteiger partial charge in [-0.1, -0.05) is 12.1 Å². The number of rotatable bonds is 5. The molecule has 2 aromatic rings. The lowest BCUT2D eigenvalue weighted by molar-refractivity contribution is 0.0479. The van der Waals surface area contributed by atoms with Crippen molar-refractivity contribution >= 4 is 17.9 Å². The molecule has 1 aliphatic rings. The quantitative estimate of drug-likeness (QED) is 0.557. The number of aliphatic hydroxyl groups is 1. The molecule has 1 saturated heterocycles. The normalized spacial score (nSPS) is 21.3. The predicted octanol–water partition coefficient (Wildman–Crippen LogP) is 1.26. The van der Waals surface area contributed by atoms with Crippen LogP contribution in [0.1, 0.15) is 11.8 Å². The zero-order valence-corrected chi connectivity index (χ0v) is 15.5. The van der Waals surface area contributed by atoms with E-state index in [-0.39, 0.29) is 18.8 Å². The van der Waals surface area contributed by atoms with Crippen LogP contribution in [0.5, 0.6) is 11.5 Å². The first-order valence-electron chi connectivity index (χ1n) is 8.21. The second-order valence-electron chi connectivity index (χ2n) is 5.85. The fourth-order valence-electron chi connectivity index (χ4n) is 2.77. The molecule has 3 atom stereocenters. The Bertz CT molecular complexity index is 976. The lowest BCUT2D eigenvalue weighted by Gasteiger charge is -2.17. The van der Waals surface area contributed by atoms with Crippen LogP contribution in [0.3, 0.4) is 0 Å². The highest BCUT2D eigenvalue weighted by molar-refractivity contribution is 8.00. The highest BCUT2D eigenvalue weighted by atomic mass is 32.2. The fraction of sp³-hybridized carbons (Fsp3) is 0.353. The van der Waals surface area contributed by atoms with Crippen LogP contribution in [0, 0.1) is 5.82 Å². The van der Waals surface area contributed by atoms with Crippen molar-refractivity contribution in [2.45, 2.75) is 23.1 Å². The number of halogens is 1. The molecule has 9 nitrogen and oxygen atoms in total. The maximum atomic E-state index is 13.5. The average molecular weight is 412 g/mol. The molecule has 0 saturated carbocycles. The van der Waals surface area contributed by atoms with Gasteiger partial charge in [-0.3, -0.25) is 14.3 Å². The molecule has 0 aliphatic carbocycles. The van der Waals surface area contributed by atoms with Gasteiger partial charge in [-0.05, 0) is 12.1 Å². The van der Waals surface area contributed by atoms with E-state index in [0.717, 1.165) is 22.5 Å². The number of aromatic nitrogens is 2. The maximum absolute atomic E-state index is 13.5. The van der Waals surface area contributed by atoms with Crippen LogP contribution >= 0.6 is 11.8 Å². The topological polar surface area (TPSA) is 120 Å². The van der Waals surface area contributed by atoms with Crippen molar-refractivity contribution in [2.75, 3.05) is 13.7 Å². The predicted molar refractivity (Wildman–Crippen MR) is 97.3 cm³/mol. The Kier molecular flexibility index (Phi) is 6.05. The highest BCUT2D eigenvalue weighted by Crippen LogP contribution is 2.42. The number of thioether (sulfide) groups is 1. The van der Waals surface area contributed by atoms with E-state index in [4.69, 9.17) is 14.2 Å². The van der Waals surface area contributed by atoms with E-state index in [9.17, 15) is 23.9 Å². The summed E-state index contributed by atoms with van der Waals surface area (Å²) in [6.07, 6.45) is -0.885. The number of aliphatic hydroxyl groups excluding tert-OH is 1. The summed E-state index contributed by atoms with van der Waals surface area (Å²) >= 11 is 1.12. The summed E-state index contributed by atoms with van der Waals surface area (Å²) in [5.74, 6) is -0.607. The molecule has 2 heterocycles. The Morgan fingerprint density at radius 2 is 2.07 bits per heavy atom. The number of hydrogen-bond acceptors (Lipinski definition) is 8. The van der Waals surface area contributed by atoms with Gasteiger partial charge < -0.3 is 19.3 Å². The van der Waals surface area contributed by atoms with Gasteiger partial charge >= 0.3 is 11.8 Å². The van der Waals surface area contributed by atoms with Gasteiger partial charge in [-0.25, -0.2) is 9.59 Å². The SMILES string of the molecule is COc1ccccc1OC(=O)O[C@H]1C[C@H](n2cc(F)c(=O)[nH]c2=O)S[C@@H]1CO. The van der Waals surface area contributed by atoms with Crippen LogP contribution in [0.15, 0.2) is 40.1 Å². The molecule has 3 rings (SSSR count). The number of ether oxygens (including phenoxy) is 3. The van der Waals surface area contributed by atoms with Gasteiger partial charge in [0.1, 0.15) is 6.10 Å². The minimum Gasteiger partial charge on any atom is -0.493 e. The van der Waals surface area contributed by atoms with Gasteiger partial charge in [0.15, 0.2) is 11.5 Å². The van der Waals surface area contributed by atoms with Gasteiger partial charge in [0.05, 0.1) is 30.5 Å². The van der Waals surface area contributed by atoms with Crippen LogP contribution < -0.4 is 20.7 Å². The molecule has 0 amide bonds. The molecule has 0 bridgehead atoms. The van der Waals surface area contributed by atoms with E-state index < -0.39 is 39.9 Å². The Hall–Kier alpha value is -2.79. The Labute approximate surface area is 162 Å². The van der Waals surface area contributed by atoms with Crippen molar-refractivity contribution in [1.82, 2.24) is 9.55 Å². The van der Waals surface area contributed by atoms with Gasteiger partial charge in [-0.15, -0.1) is 11.8 Å². The molecule has 0 unspecified atom stereocenters. The lowest BCUT2D eigenvalue weighted by Crippen LogP contribution is -2.33. The molecule has 1 aliphatic heterocycles. The van der Waals surface area contributed by atoms with Crippen molar-refractivity contribution in [2.24, 2.45) is 0 Å². The number of benzene rings is 1. The van der Waals surface area contributed by atoms with Gasteiger partial charge in [0.2, 0.25) is 5.82 Å². The van der Waals surface area contributed by atoms with E-state index >= 15 is 0 Å². The van der Waals surface area contributed by atoms with E-state index in [1.54, 1.807) is 18.2 Å². The average Bonchev–Trinajstić information content (AvgIpc) is 3.07. The number of carbonyl (C=O) groups excluding carboxylic acids is 1. The van der Waals surface area contributed by atoms with Crippen molar-refractivity contribution in [1.29, 1.82) is 0 Å². The van der Waals surface area contributed by atoms with E-state index in [1.807, 2.05) is 4.98 Å². The Balaban J connectivity index is 1.72. The van der Waals surface area contributed by atoms with Crippen molar-refractivity contribution < 1.29 is 28.5 Å². The molecular formula is C17H17FN2O7S. The summed E-state index contributed by atoms with van der Waals surface area (Å²) in [6.45, 7) is -0.339. The van der Waals surface area contributed by atoms with E-state index in [0.29, 0.717) is 5.75 Å². The standard InChI is InChI=1S/C17H17FN2O7S/c1-25-10-4-2-3-5-11(10)26-17(24)27-12-6-14(28-13(12)8-21)20-7-9(18)15(22)19-16(20)23/h2-5,7,12-14,21H,6,8H2,1H3,(H,19,22,23)/t12-,13+,14+/m0/s1. The summed E-state index contributed by atoms with van der Waals surface area (Å²) in [6, 6.07) is 6.49. The van der Waals surface area contributed by atoms with Crippen molar-refractivity contribution in [3.05, 3.63) is 57.1 Å². The van der Waals surface area contributed by atoms with Gasteiger partial charge in [0.25, 0.3) is 5.56 Å². The summed E-state index contributed by atoms with van der Waals surface area (Å²) in [7, 11) is 1.43. The number of H-pyrrole nitrogens is 1. The van der Waals surface area contributed by atoms with Crippen molar-refractivity contribution in [3.8, 4) is 11.5 Å². The molecule has 1 aromatic heterocycles.